The number of aliphatic carboxylic acids is 1. The molecule has 13 heavy (non-hydrogen) atoms. The Morgan fingerprint density at radius 1 is 1.77 bits per heavy atom. The van der Waals surface area contributed by atoms with Gasteiger partial charge in [0.2, 0.25) is 5.13 Å². The van der Waals surface area contributed by atoms with E-state index in [1.54, 1.807) is 13.8 Å². The lowest BCUT2D eigenvalue weighted by molar-refractivity contribution is -0.137. The Balaban J connectivity index is 2.61. The van der Waals surface area contributed by atoms with Gasteiger partial charge < -0.3 is 10.4 Å². The molecule has 0 saturated heterocycles. The molecule has 1 unspecified atom stereocenters. The van der Waals surface area contributed by atoms with E-state index in [0.29, 0.717) is 17.4 Å². The van der Waals surface area contributed by atoms with Crippen molar-refractivity contribution >= 4 is 22.6 Å². The number of rotatable bonds is 4. The fourth-order valence-corrected chi connectivity index (χ4v) is 1.47. The zero-order valence-electron chi connectivity index (χ0n) is 7.44. The first-order valence-electron chi connectivity index (χ1n) is 3.93. The van der Waals surface area contributed by atoms with Gasteiger partial charge in [0.1, 0.15) is 11.9 Å². The molecule has 0 amide bonds. The molecule has 0 aliphatic rings. The number of nitrogens with zero attached hydrogens (tertiary/aromatic N) is 2. The van der Waals surface area contributed by atoms with Crippen LogP contribution < -0.4 is 5.32 Å². The van der Waals surface area contributed by atoms with E-state index < -0.39 is 12.0 Å². The number of nitrogens with one attached hydrogen (secondary N) is 1. The summed E-state index contributed by atoms with van der Waals surface area (Å²) in [7, 11) is 0. The predicted octanol–water partition coefficient (Wildman–Crippen LogP) is 1.12. The van der Waals surface area contributed by atoms with Gasteiger partial charge >= 0.3 is 5.97 Å². The van der Waals surface area contributed by atoms with Gasteiger partial charge in [0.05, 0.1) is 0 Å². The molecule has 1 aromatic rings. The highest BCUT2D eigenvalue weighted by Gasteiger charge is 2.15. The summed E-state index contributed by atoms with van der Waals surface area (Å²) in [5.74, 6) is -0.205. The molecule has 1 atom stereocenters. The first-order chi connectivity index (χ1) is 6.13. The van der Waals surface area contributed by atoms with Gasteiger partial charge in [0.25, 0.3) is 0 Å². The lowest BCUT2D eigenvalue weighted by atomic mass is 10.2. The normalized spacial score (nSPS) is 12.5. The molecule has 0 fully saturated rings. The number of hydrogen-bond acceptors (Lipinski definition) is 5. The number of aromatic nitrogens is 2. The Labute approximate surface area is 80.0 Å². The van der Waals surface area contributed by atoms with E-state index in [1.165, 1.54) is 11.5 Å². The van der Waals surface area contributed by atoms with Crippen LogP contribution in [0.3, 0.4) is 0 Å². The maximum atomic E-state index is 10.6. The molecule has 0 aliphatic heterocycles. The third kappa shape index (κ3) is 2.66. The van der Waals surface area contributed by atoms with Gasteiger partial charge in [-0.15, -0.1) is 0 Å². The van der Waals surface area contributed by atoms with Crippen LogP contribution in [0.15, 0.2) is 0 Å². The number of hydrogen-bond donors (Lipinski definition) is 2. The number of carboxylic acid groups (broad SMARTS) is 1. The van der Waals surface area contributed by atoms with E-state index in [4.69, 9.17) is 5.11 Å². The molecule has 1 aromatic heterocycles. The lowest BCUT2D eigenvalue weighted by Gasteiger charge is -2.09. The van der Waals surface area contributed by atoms with Crippen LogP contribution in [-0.2, 0) is 4.79 Å². The highest BCUT2D eigenvalue weighted by atomic mass is 32.1. The van der Waals surface area contributed by atoms with Crippen molar-refractivity contribution in [1.82, 2.24) is 9.36 Å². The molecule has 5 nitrogen and oxygen atoms in total. The Hall–Kier alpha value is -1.17. The minimum absolute atomic E-state index is 0.522. The molecule has 2 N–H and O–H groups in total. The van der Waals surface area contributed by atoms with Gasteiger partial charge in [-0.05, 0) is 13.3 Å². The highest BCUT2D eigenvalue weighted by Crippen LogP contribution is 2.12. The van der Waals surface area contributed by atoms with E-state index in [9.17, 15) is 4.79 Å². The van der Waals surface area contributed by atoms with E-state index in [-0.39, 0.29) is 0 Å². The van der Waals surface area contributed by atoms with E-state index in [2.05, 4.69) is 14.7 Å². The number of aryl methyl sites for hydroxylation is 1. The second kappa shape index (κ2) is 4.18. The maximum absolute atomic E-state index is 10.6. The van der Waals surface area contributed by atoms with Crippen molar-refractivity contribution in [3.05, 3.63) is 5.82 Å². The Morgan fingerprint density at radius 3 is 2.85 bits per heavy atom. The summed E-state index contributed by atoms with van der Waals surface area (Å²) in [6.07, 6.45) is 0.522. The van der Waals surface area contributed by atoms with Crippen LogP contribution >= 0.6 is 11.5 Å². The fourth-order valence-electron chi connectivity index (χ4n) is 0.843. The molecule has 1 rings (SSSR count). The van der Waals surface area contributed by atoms with Gasteiger partial charge in [0, 0.05) is 11.5 Å². The van der Waals surface area contributed by atoms with Gasteiger partial charge in [-0.25, -0.2) is 9.78 Å². The molecule has 0 bridgehead atoms. The van der Waals surface area contributed by atoms with Crippen molar-refractivity contribution in [3.8, 4) is 0 Å². The van der Waals surface area contributed by atoms with Crippen molar-refractivity contribution in [3.63, 3.8) is 0 Å². The van der Waals surface area contributed by atoms with E-state index in [1.807, 2.05) is 0 Å². The molecule has 0 aliphatic carbocycles. The lowest BCUT2D eigenvalue weighted by Crippen LogP contribution is -2.28. The first-order valence-corrected chi connectivity index (χ1v) is 4.70. The summed E-state index contributed by atoms with van der Waals surface area (Å²) < 4.78 is 3.94. The summed E-state index contributed by atoms with van der Waals surface area (Å²) in [4.78, 5) is 14.6. The molecule has 6 heteroatoms. The largest absolute Gasteiger partial charge is 0.480 e. The summed E-state index contributed by atoms with van der Waals surface area (Å²) >= 11 is 1.18. The maximum Gasteiger partial charge on any atom is 0.326 e. The molecular weight excluding hydrogens is 190 g/mol. The van der Waals surface area contributed by atoms with Gasteiger partial charge in [-0.2, -0.15) is 4.37 Å². The molecule has 0 aromatic carbocycles. The average molecular weight is 201 g/mol. The topological polar surface area (TPSA) is 75.1 Å². The second-order valence-electron chi connectivity index (χ2n) is 2.59. The Bertz CT molecular complexity index is 300. The third-order valence-corrected chi connectivity index (χ3v) is 2.27. The summed E-state index contributed by atoms with van der Waals surface area (Å²) in [6, 6.07) is -0.577. The van der Waals surface area contributed by atoms with E-state index in [0.717, 1.165) is 0 Å². The SMILES string of the molecule is CCC(Nc1nc(C)ns1)C(=O)O. The van der Waals surface area contributed by atoms with Crippen LogP contribution in [0, 0.1) is 6.92 Å². The van der Waals surface area contributed by atoms with E-state index >= 15 is 0 Å². The zero-order valence-corrected chi connectivity index (χ0v) is 8.26. The van der Waals surface area contributed by atoms with Crippen molar-refractivity contribution in [2.45, 2.75) is 26.3 Å². The Kier molecular flexibility index (Phi) is 3.18. The van der Waals surface area contributed by atoms with Crippen LogP contribution in [0.4, 0.5) is 5.13 Å². The molecule has 0 saturated carbocycles. The van der Waals surface area contributed by atoms with Crippen molar-refractivity contribution in [1.29, 1.82) is 0 Å². The summed E-state index contributed by atoms with van der Waals surface area (Å²) in [6.45, 7) is 3.57. The molecule has 72 valence electrons. The predicted molar refractivity (Wildman–Crippen MR) is 50.0 cm³/mol. The van der Waals surface area contributed by atoms with Gasteiger partial charge in [0.15, 0.2) is 0 Å². The molecule has 0 radical (unpaired) electrons. The highest BCUT2D eigenvalue weighted by molar-refractivity contribution is 7.09. The van der Waals surface area contributed by atoms with Crippen molar-refractivity contribution in [2.24, 2.45) is 0 Å². The van der Waals surface area contributed by atoms with Crippen LogP contribution in [0.25, 0.3) is 0 Å². The quantitative estimate of drug-likeness (QED) is 0.763. The third-order valence-electron chi connectivity index (χ3n) is 1.53. The summed E-state index contributed by atoms with van der Waals surface area (Å²) in [5, 5.41) is 12.1. The number of anilines is 1. The fraction of sp³-hybridized carbons (Fsp3) is 0.571. The Morgan fingerprint density at radius 2 is 2.46 bits per heavy atom. The molecule has 1 heterocycles. The number of carboxylic acids is 1. The first kappa shape index (κ1) is 9.91. The van der Waals surface area contributed by atoms with Crippen molar-refractivity contribution < 1.29 is 9.90 Å². The van der Waals surface area contributed by atoms with Gasteiger partial charge in [-0.3, -0.25) is 0 Å². The molecular formula is C7H11N3O2S. The smallest absolute Gasteiger partial charge is 0.326 e. The number of carbonyl (C=O) groups is 1. The van der Waals surface area contributed by atoms with Crippen LogP contribution in [-0.4, -0.2) is 26.5 Å². The average Bonchev–Trinajstić information content (AvgIpc) is 2.46. The zero-order chi connectivity index (χ0) is 9.84. The minimum Gasteiger partial charge on any atom is -0.480 e. The molecule has 0 spiro atoms. The van der Waals surface area contributed by atoms with Crippen LogP contribution in [0.5, 0.6) is 0 Å². The van der Waals surface area contributed by atoms with Crippen LogP contribution in [0.2, 0.25) is 0 Å². The second-order valence-corrected chi connectivity index (χ2v) is 3.34. The summed E-state index contributed by atoms with van der Waals surface area (Å²) in [5.41, 5.74) is 0. The standard InChI is InChI=1S/C7H11N3O2S/c1-3-5(6(11)12)9-7-8-4(2)10-13-7/h5H,3H2,1-2H3,(H,11,12)(H,8,9,10). The van der Waals surface area contributed by atoms with Gasteiger partial charge in [-0.1, -0.05) is 6.92 Å². The van der Waals surface area contributed by atoms with Crippen molar-refractivity contribution in [2.75, 3.05) is 5.32 Å². The monoisotopic (exact) mass is 201 g/mol. The minimum atomic E-state index is -0.865. The van der Waals surface area contributed by atoms with Crippen LogP contribution in [0.1, 0.15) is 19.2 Å².